The quantitative estimate of drug-likeness (QED) is 0.429. The summed E-state index contributed by atoms with van der Waals surface area (Å²) in [6.07, 6.45) is 5.03. The molecule has 9 heteroatoms. The zero-order valence-corrected chi connectivity index (χ0v) is 18.4. The third-order valence-electron chi connectivity index (χ3n) is 4.68. The molecular formula is C23H22ClN5O3. The highest BCUT2D eigenvalue weighted by atomic mass is 35.5. The predicted molar refractivity (Wildman–Crippen MR) is 121 cm³/mol. The van der Waals surface area contributed by atoms with Gasteiger partial charge in [-0.3, -0.25) is 9.48 Å². The fraction of sp³-hybridized carbons (Fsp3) is 0.174. The van der Waals surface area contributed by atoms with Gasteiger partial charge in [-0.1, -0.05) is 29.8 Å². The standard InChI is InChI=1S/C23H22ClN5O3/c1-16-6-7-20(24)22(10-16)32-15-28-9-8-21(27-28)23(30)26-18-12-25-29(14-18)13-17-4-3-5-19(11-17)31-2/h3-12,14H,13,15H2,1-2H3,(H,26,30). The van der Waals surface area contributed by atoms with E-state index in [0.29, 0.717) is 23.0 Å². The Morgan fingerprint density at radius 2 is 2.03 bits per heavy atom. The number of aryl methyl sites for hydroxylation is 1. The van der Waals surface area contributed by atoms with E-state index in [9.17, 15) is 4.79 Å². The highest BCUT2D eigenvalue weighted by molar-refractivity contribution is 6.32. The molecule has 1 N–H and O–H groups in total. The number of rotatable bonds is 8. The van der Waals surface area contributed by atoms with Gasteiger partial charge < -0.3 is 14.8 Å². The third-order valence-corrected chi connectivity index (χ3v) is 4.99. The number of ether oxygens (including phenoxy) is 2. The van der Waals surface area contributed by atoms with Gasteiger partial charge in [0.1, 0.15) is 11.5 Å². The Morgan fingerprint density at radius 3 is 2.88 bits per heavy atom. The Hall–Kier alpha value is -3.78. The summed E-state index contributed by atoms with van der Waals surface area (Å²) in [6, 6.07) is 14.9. The normalized spacial score (nSPS) is 10.7. The topological polar surface area (TPSA) is 83.2 Å². The molecule has 0 aliphatic carbocycles. The number of hydrogen-bond donors (Lipinski definition) is 1. The Labute approximate surface area is 190 Å². The number of anilines is 1. The number of nitrogens with one attached hydrogen (secondary N) is 1. The van der Waals surface area contributed by atoms with Crippen LogP contribution in [0.3, 0.4) is 0 Å². The van der Waals surface area contributed by atoms with Crippen LogP contribution in [0.4, 0.5) is 5.69 Å². The number of methoxy groups -OCH3 is 1. The number of nitrogens with zero attached hydrogens (tertiary/aromatic N) is 4. The Morgan fingerprint density at radius 1 is 1.16 bits per heavy atom. The molecule has 0 atom stereocenters. The first-order valence-electron chi connectivity index (χ1n) is 9.89. The minimum atomic E-state index is -0.335. The second-order valence-corrected chi connectivity index (χ2v) is 7.59. The summed E-state index contributed by atoms with van der Waals surface area (Å²) in [6.45, 7) is 2.65. The van der Waals surface area contributed by atoms with E-state index in [0.717, 1.165) is 16.9 Å². The van der Waals surface area contributed by atoms with E-state index in [2.05, 4.69) is 15.5 Å². The molecule has 0 unspecified atom stereocenters. The maximum absolute atomic E-state index is 12.5. The van der Waals surface area contributed by atoms with Crippen LogP contribution >= 0.6 is 11.6 Å². The first-order valence-corrected chi connectivity index (χ1v) is 10.3. The van der Waals surface area contributed by atoms with Gasteiger partial charge in [0, 0.05) is 12.4 Å². The summed E-state index contributed by atoms with van der Waals surface area (Å²) < 4.78 is 14.2. The predicted octanol–water partition coefficient (Wildman–Crippen LogP) is 4.39. The van der Waals surface area contributed by atoms with Crippen LogP contribution < -0.4 is 14.8 Å². The highest BCUT2D eigenvalue weighted by Crippen LogP contribution is 2.25. The molecule has 0 aliphatic rings. The Kier molecular flexibility index (Phi) is 6.42. The van der Waals surface area contributed by atoms with Crippen molar-refractivity contribution in [2.24, 2.45) is 0 Å². The summed E-state index contributed by atoms with van der Waals surface area (Å²) in [5, 5.41) is 11.9. The van der Waals surface area contributed by atoms with Crippen LogP contribution in [-0.4, -0.2) is 32.6 Å². The lowest BCUT2D eigenvalue weighted by molar-refractivity contribution is 0.102. The maximum atomic E-state index is 12.5. The van der Waals surface area contributed by atoms with Crippen LogP contribution in [0.15, 0.2) is 67.1 Å². The Bertz CT molecular complexity index is 1230. The molecule has 4 rings (SSSR count). The lowest BCUT2D eigenvalue weighted by atomic mass is 10.2. The van der Waals surface area contributed by atoms with E-state index in [1.54, 1.807) is 42.5 Å². The van der Waals surface area contributed by atoms with Crippen molar-refractivity contribution in [3.63, 3.8) is 0 Å². The van der Waals surface area contributed by atoms with Gasteiger partial charge in [0.15, 0.2) is 12.4 Å². The average molecular weight is 452 g/mol. The maximum Gasteiger partial charge on any atom is 0.276 e. The van der Waals surface area contributed by atoms with Gasteiger partial charge >= 0.3 is 0 Å². The summed E-state index contributed by atoms with van der Waals surface area (Å²) in [7, 11) is 1.63. The van der Waals surface area contributed by atoms with Crippen LogP contribution in [0.5, 0.6) is 11.5 Å². The van der Waals surface area contributed by atoms with Crippen molar-refractivity contribution < 1.29 is 14.3 Å². The van der Waals surface area contributed by atoms with E-state index in [-0.39, 0.29) is 18.3 Å². The average Bonchev–Trinajstić information content (AvgIpc) is 3.44. The van der Waals surface area contributed by atoms with E-state index < -0.39 is 0 Å². The largest absolute Gasteiger partial charge is 0.497 e. The summed E-state index contributed by atoms with van der Waals surface area (Å²) >= 11 is 6.14. The fourth-order valence-electron chi connectivity index (χ4n) is 3.08. The van der Waals surface area contributed by atoms with E-state index in [1.165, 1.54) is 4.68 Å². The molecule has 0 saturated carbocycles. The van der Waals surface area contributed by atoms with Crippen molar-refractivity contribution in [2.45, 2.75) is 20.2 Å². The van der Waals surface area contributed by atoms with Gasteiger partial charge in [-0.2, -0.15) is 10.2 Å². The lowest BCUT2D eigenvalue weighted by Crippen LogP contribution is -2.14. The van der Waals surface area contributed by atoms with Crippen molar-refractivity contribution in [2.75, 3.05) is 12.4 Å². The van der Waals surface area contributed by atoms with Gasteiger partial charge in [-0.15, -0.1) is 0 Å². The number of benzene rings is 2. The van der Waals surface area contributed by atoms with Gasteiger partial charge in [0.25, 0.3) is 5.91 Å². The molecule has 0 fully saturated rings. The number of aromatic nitrogens is 4. The first kappa shape index (κ1) is 21.5. The second kappa shape index (κ2) is 9.57. The van der Waals surface area contributed by atoms with E-state index in [4.69, 9.17) is 21.1 Å². The smallest absolute Gasteiger partial charge is 0.276 e. The molecule has 0 aliphatic heterocycles. The zero-order chi connectivity index (χ0) is 22.5. The first-order chi connectivity index (χ1) is 15.5. The molecule has 2 aromatic carbocycles. The molecule has 8 nitrogen and oxygen atoms in total. The SMILES string of the molecule is COc1cccc(Cn2cc(NC(=O)c3ccn(COc4cc(C)ccc4Cl)n3)cn2)c1. The molecular weight excluding hydrogens is 430 g/mol. The number of amides is 1. The molecule has 164 valence electrons. The van der Waals surface area contributed by atoms with E-state index in [1.807, 2.05) is 43.3 Å². The van der Waals surface area contributed by atoms with Crippen LogP contribution in [0.25, 0.3) is 0 Å². The molecule has 32 heavy (non-hydrogen) atoms. The van der Waals surface area contributed by atoms with Crippen LogP contribution in [-0.2, 0) is 13.3 Å². The molecule has 1 amide bonds. The minimum absolute atomic E-state index is 0.134. The summed E-state index contributed by atoms with van der Waals surface area (Å²) in [5.74, 6) is 1.02. The van der Waals surface area contributed by atoms with Gasteiger partial charge in [0.2, 0.25) is 0 Å². The number of hydrogen-bond acceptors (Lipinski definition) is 5. The van der Waals surface area contributed by atoms with Crippen LogP contribution in [0.2, 0.25) is 5.02 Å². The monoisotopic (exact) mass is 451 g/mol. The van der Waals surface area contributed by atoms with Crippen LogP contribution in [0, 0.1) is 6.92 Å². The van der Waals surface area contributed by atoms with Gasteiger partial charge in [-0.05, 0) is 48.4 Å². The molecule has 0 bridgehead atoms. The number of carbonyl (C=O) groups is 1. The van der Waals surface area contributed by atoms with Crippen molar-refractivity contribution in [1.29, 1.82) is 0 Å². The van der Waals surface area contributed by atoms with Gasteiger partial charge in [-0.25, -0.2) is 4.68 Å². The minimum Gasteiger partial charge on any atom is -0.497 e. The van der Waals surface area contributed by atoms with E-state index >= 15 is 0 Å². The Balaban J connectivity index is 1.34. The summed E-state index contributed by atoms with van der Waals surface area (Å²) in [4.78, 5) is 12.5. The summed E-state index contributed by atoms with van der Waals surface area (Å²) in [5.41, 5.74) is 2.93. The molecule has 2 aromatic heterocycles. The fourth-order valence-corrected chi connectivity index (χ4v) is 3.25. The molecule has 0 radical (unpaired) electrons. The number of halogens is 1. The molecule has 2 heterocycles. The zero-order valence-electron chi connectivity index (χ0n) is 17.7. The van der Waals surface area contributed by atoms with Crippen molar-refractivity contribution in [3.8, 4) is 11.5 Å². The van der Waals surface area contributed by atoms with Crippen molar-refractivity contribution in [1.82, 2.24) is 19.6 Å². The molecule has 4 aromatic rings. The van der Waals surface area contributed by atoms with Crippen LogP contribution in [0.1, 0.15) is 21.6 Å². The van der Waals surface area contributed by atoms with Gasteiger partial charge in [0.05, 0.1) is 30.6 Å². The molecule has 0 saturated heterocycles. The molecule has 0 spiro atoms. The lowest BCUT2D eigenvalue weighted by Gasteiger charge is -2.08. The third kappa shape index (κ3) is 5.28. The van der Waals surface area contributed by atoms with Crippen molar-refractivity contribution >= 4 is 23.2 Å². The van der Waals surface area contributed by atoms with Crippen molar-refractivity contribution in [3.05, 3.63) is 89.0 Å². The number of carbonyl (C=O) groups excluding carboxylic acids is 1. The highest BCUT2D eigenvalue weighted by Gasteiger charge is 2.12. The second-order valence-electron chi connectivity index (χ2n) is 7.18.